The highest BCUT2D eigenvalue weighted by Crippen LogP contribution is 2.66. The zero-order valence-corrected chi connectivity index (χ0v) is 12.2. The molecule has 0 aromatic rings. The van der Waals surface area contributed by atoms with Crippen LogP contribution in [-0.4, -0.2) is 52.4 Å². The Kier molecular flexibility index (Phi) is 2.27. The average molecular weight is 308 g/mol. The smallest absolute Gasteiger partial charge is 0.343 e. The first-order valence-electron chi connectivity index (χ1n) is 7.24. The third-order valence-corrected chi connectivity index (χ3v) is 6.19. The Bertz CT molecular complexity index is 667. The van der Waals surface area contributed by atoms with E-state index in [1.54, 1.807) is 13.8 Å². The van der Waals surface area contributed by atoms with Gasteiger partial charge in [0.15, 0.2) is 11.9 Å². The summed E-state index contributed by atoms with van der Waals surface area (Å²) in [5.74, 6) is -2.62. The molecule has 2 bridgehead atoms. The highest BCUT2D eigenvalue weighted by molar-refractivity contribution is 6.00. The molecule has 3 fully saturated rings. The molecule has 7 heteroatoms. The number of hydrogen-bond acceptors (Lipinski definition) is 7. The molecular formula is C15H16O7. The second-order valence-corrected chi connectivity index (χ2v) is 6.93. The summed E-state index contributed by atoms with van der Waals surface area (Å²) in [6.45, 7) is 3.15. The first-order valence-corrected chi connectivity index (χ1v) is 7.24. The number of fused-ring (bicyclic) bond motifs is 4. The summed E-state index contributed by atoms with van der Waals surface area (Å²) in [7, 11) is 0. The van der Waals surface area contributed by atoms with E-state index in [0.717, 1.165) is 0 Å². The van der Waals surface area contributed by atoms with Crippen LogP contribution >= 0.6 is 0 Å². The highest BCUT2D eigenvalue weighted by Gasteiger charge is 2.78. The molecule has 2 aliphatic heterocycles. The van der Waals surface area contributed by atoms with Gasteiger partial charge in [0.1, 0.15) is 12.7 Å². The predicted octanol–water partition coefficient (Wildman–Crippen LogP) is -0.898. The van der Waals surface area contributed by atoms with Gasteiger partial charge in [-0.15, -0.1) is 0 Å². The largest absolute Gasteiger partial charge is 0.462 e. The van der Waals surface area contributed by atoms with Crippen LogP contribution in [0.4, 0.5) is 0 Å². The molecule has 2 saturated heterocycles. The van der Waals surface area contributed by atoms with Crippen LogP contribution < -0.4 is 0 Å². The first-order chi connectivity index (χ1) is 10.2. The number of carbonyl (C=O) groups excluding carboxylic acids is 3. The van der Waals surface area contributed by atoms with Crippen LogP contribution in [0.1, 0.15) is 20.3 Å². The number of hydrogen-bond donors (Lipinski definition) is 2. The van der Waals surface area contributed by atoms with Gasteiger partial charge in [0.25, 0.3) is 0 Å². The van der Waals surface area contributed by atoms with Crippen molar-refractivity contribution in [2.24, 2.45) is 16.7 Å². The van der Waals surface area contributed by atoms with Crippen LogP contribution in [-0.2, 0) is 23.9 Å². The SMILES string of the molecule is CC1C(=O)C=C2C13CC(OC(=O)C3O)[C@@]1(O)C(=O)OC[C@@]21C. The summed E-state index contributed by atoms with van der Waals surface area (Å²) >= 11 is 0. The molecule has 4 unspecified atom stereocenters. The normalized spacial score (nSPS) is 52.6. The number of aliphatic hydroxyl groups is 2. The van der Waals surface area contributed by atoms with Gasteiger partial charge < -0.3 is 19.7 Å². The number of rotatable bonds is 0. The third-order valence-electron chi connectivity index (χ3n) is 6.19. The van der Waals surface area contributed by atoms with Crippen LogP contribution in [0.5, 0.6) is 0 Å². The molecule has 1 saturated carbocycles. The molecule has 2 heterocycles. The van der Waals surface area contributed by atoms with Gasteiger partial charge >= 0.3 is 11.9 Å². The van der Waals surface area contributed by atoms with Crippen molar-refractivity contribution in [2.75, 3.05) is 6.61 Å². The maximum Gasteiger partial charge on any atom is 0.343 e. The fourth-order valence-electron chi connectivity index (χ4n) is 4.77. The van der Waals surface area contributed by atoms with Crippen LogP contribution in [0, 0.1) is 16.7 Å². The lowest BCUT2D eigenvalue weighted by Gasteiger charge is -2.57. The predicted molar refractivity (Wildman–Crippen MR) is 69.2 cm³/mol. The van der Waals surface area contributed by atoms with Gasteiger partial charge in [0, 0.05) is 17.8 Å². The second-order valence-electron chi connectivity index (χ2n) is 6.93. The van der Waals surface area contributed by atoms with E-state index in [-0.39, 0.29) is 18.8 Å². The molecular weight excluding hydrogens is 292 g/mol. The Morgan fingerprint density at radius 1 is 1.32 bits per heavy atom. The summed E-state index contributed by atoms with van der Waals surface area (Å²) in [6, 6.07) is 0. The molecule has 4 rings (SSSR count). The highest BCUT2D eigenvalue weighted by atomic mass is 16.6. The number of carbonyl (C=O) groups is 3. The van der Waals surface area contributed by atoms with Crippen LogP contribution in [0.25, 0.3) is 0 Å². The molecule has 6 atom stereocenters. The average Bonchev–Trinajstić information content (AvgIpc) is 2.87. The Morgan fingerprint density at radius 2 is 2.00 bits per heavy atom. The van der Waals surface area contributed by atoms with Crippen molar-refractivity contribution in [1.82, 2.24) is 0 Å². The second kappa shape index (κ2) is 3.60. The van der Waals surface area contributed by atoms with E-state index in [0.29, 0.717) is 5.57 Å². The summed E-state index contributed by atoms with van der Waals surface area (Å²) in [4.78, 5) is 36.5. The summed E-state index contributed by atoms with van der Waals surface area (Å²) in [5.41, 5.74) is -3.94. The van der Waals surface area contributed by atoms with Gasteiger partial charge in [-0.1, -0.05) is 6.92 Å². The lowest BCUT2D eigenvalue weighted by molar-refractivity contribution is -0.232. The minimum atomic E-state index is -2.03. The zero-order valence-electron chi connectivity index (χ0n) is 12.2. The number of esters is 2. The van der Waals surface area contributed by atoms with Gasteiger partial charge in [-0.25, -0.2) is 9.59 Å². The molecule has 4 aliphatic rings. The van der Waals surface area contributed by atoms with E-state index in [9.17, 15) is 24.6 Å². The number of ether oxygens (including phenoxy) is 2. The van der Waals surface area contributed by atoms with Crippen LogP contribution in [0.3, 0.4) is 0 Å². The quantitative estimate of drug-likeness (QED) is 0.558. The monoisotopic (exact) mass is 308 g/mol. The maximum atomic E-state index is 12.3. The molecule has 2 aliphatic carbocycles. The summed E-state index contributed by atoms with van der Waals surface area (Å²) in [5, 5.41) is 21.4. The molecule has 7 nitrogen and oxygen atoms in total. The number of ketones is 1. The number of cyclic esters (lactones) is 1. The van der Waals surface area contributed by atoms with Crippen molar-refractivity contribution in [2.45, 2.75) is 38.1 Å². The standard InChI is InChI=1S/C15H16O7/c1-6-7(16)3-8-13(2)5-21-12(19)15(13,20)9-4-14(6,8)10(17)11(18)22-9/h3,6,9-10,17,20H,4-5H2,1-2H3/t6?,9?,10?,13-,14?,15+/m0/s1. The molecule has 0 aromatic heterocycles. The molecule has 118 valence electrons. The minimum Gasteiger partial charge on any atom is -0.462 e. The van der Waals surface area contributed by atoms with Crippen molar-refractivity contribution in [1.29, 1.82) is 0 Å². The van der Waals surface area contributed by atoms with E-state index < -0.39 is 46.5 Å². The Morgan fingerprint density at radius 3 is 2.68 bits per heavy atom. The van der Waals surface area contributed by atoms with E-state index >= 15 is 0 Å². The van der Waals surface area contributed by atoms with Gasteiger partial charge in [0.2, 0.25) is 5.60 Å². The maximum absolute atomic E-state index is 12.3. The van der Waals surface area contributed by atoms with Gasteiger partial charge in [-0.2, -0.15) is 0 Å². The lowest BCUT2D eigenvalue weighted by Crippen LogP contribution is -2.71. The molecule has 1 spiro atoms. The zero-order chi connectivity index (χ0) is 16.1. The molecule has 0 radical (unpaired) electrons. The summed E-state index contributed by atoms with van der Waals surface area (Å²) in [6.07, 6.45) is -1.24. The Labute approximate surface area is 125 Å². The number of allylic oxidation sites excluding steroid dienone is 1. The van der Waals surface area contributed by atoms with Gasteiger partial charge in [-0.3, -0.25) is 4.79 Å². The van der Waals surface area contributed by atoms with Crippen molar-refractivity contribution >= 4 is 17.7 Å². The van der Waals surface area contributed by atoms with E-state index in [1.165, 1.54) is 6.08 Å². The number of aliphatic hydroxyl groups excluding tert-OH is 1. The van der Waals surface area contributed by atoms with Crippen molar-refractivity contribution < 1.29 is 34.1 Å². The minimum absolute atomic E-state index is 0.0276. The lowest BCUT2D eigenvalue weighted by atomic mass is 9.49. The van der Waals surface area contributed by atoms with Gasteiger partial charge in [-0.05, 0) is 18.6 Å². The summed E-state index contributed by atoms with van der Waals surface area (Å²) < 4.78 is 10.2. The topological polar surface area (TPSA) is 110 Å². The van der Waals surface area contributed by atoms with E-state index in [4.69, 9.17) is 9.47 Å². The van der Waals surface area contributed by atoms with Crippen LogP contribution in [0.2, 0.25) is 0 Å². The van der Waals surface area contributed by atoms with E-state index in [1.807, 2.05) is 0 Å². The molecule has 0 aromatic carbocycles. The van der Waals surface area contributed by atoms with Crippen molar-refractivity contribution in [3.05, 3.63) is 11.6 Å². The molecule has 2 N–H and O–H groups in total. The van der Waals surface area contributed by atoms with Crippen molar-refractivity contribution in [3.8, 4) is 0 Å². The Hall–Kier alpha value is -1.73. The van der Waals surface area contributed by atoms with E-state index in [2.05, 4.69) is 0 Å². The van der Waals surface area contributed by atoms with Crippen LogP contribution in [0.15, 0.2) is 11.6 Å². The Balaban J connectivity index is 2.02. The molecule has 22 heavy (non-hydrogen) atoms. The molecule has 0 amide bonds. The first kappa shape index (κ1) is 13.9. The van der Waals surface area contributed by atoms with Gasteiger partial charge in [0.05, 0.1) is 5.41 Å². The fourth-order valence-corrected chi connectivity index (χ4v) is 4.77. The van der Waals surface area contributed by atoms with Crippen molar-refractivity contribution in [3.63, 3.8) is 0 Å². The third kappa shape index (κ3) is 1.10. The fraction of sp³-hybridized carbons (Fsp3) is 0.667.